The zero-order valence-corrected chi connectivity index (χ0v) is 7.16. The molecule has 0 radical (unpaired) electrons. The molecule has 5 nitrogen and oxygen atoms in total. The van der Waals surface area contributed by atoms with Crippen molar-refractivity contribution in [3.63, 3.8) is 0 Å². The van der Waals surface area contributed by atoms with E-state index in [4.69, 9.17) is 5.11 Å². The van der Waals surface area contributed by atoms with E-state index in [2.05, 4.69) is 10.1 Å². The van der Waals surface area contributed by atoms with Crippen LogP contribution in [0.5, 0.6) is 0 Å². The number of carbonyl (C=O) groups excluding carboxylic acids is 1. The summed E-state index contributed by atoms with van der Waals surface area (Å²) < 4.78 is 4.64. The van der Waals surface area contributed by atoms with Gasteiger partial charge in [-0.05, 0) is 13.8 Å². The highest BCUT2D eigenvalue weighted by Gasteiger charge is 2.13. The standard InChI is InChI=1S/C7H13NO4/c1-3-12-7(11)5(2)8-4-6(9)10/h5,8H,3-4H2,1-2H3,(H,9,10). The fourth-order valence-electron chi connectivity index (χ4n) is 0.591. The van der Waals surface area contributed by atoms with E-state index in [-0.39, 0.29) is 6.54 Å². The number of esters is 1. The Kier molecular flexibility index (Phi) is 5.03. The molecule has 0 aliphatic rings. The topological polar surface area (TPSA) is 75.6 Å². The van der Waals surface area contributed by atoms with Crippen LogP contribution in [0, 0.1) is 0 Å². The second-order valence-electron chi connectivity index (χ2n) is 2.25. The number of hydrogen-bond acceptors (Lipinski definition) is 4. The molecule has 70 valence electrons. The minimum atomic E-state index is -0.994. The quantitative estimate of drug-likeness (QED) is 0.557. The molecule has 0 saturated heterocycles. The fraction of sp³-hybridized carbons (Fsp3) is 0.714. The summed E-state index contributed by atoms with van der Waals surface area (Å²) in [5.41, 5.74) is 0. The van der Waals surface area contributed by atoms with Crippen LogP contribution in [0.25, 0.3) is 0 Å². The van der Waals surface area contributed by atoms with Gasteiger partial charge in [0.15, 0.2) is 0 Å². The predicted octanol–water partition coefficient (Wildman–Crippen LogP) is -0.388. The molecule has 0 rings (SSSR count). The van der Waals surface area contributed by atoms with Crippen molar-refractivity contribution in [2.24, 2.45) is 0 Å². The van der Waals surface area contributed by atoms with Gasteiger partial charge < -0.3 is 9.84 Å². The highest BCUT2D eigenvalue weighted by atomic mass is 16.5. The largest absolute Gasteiger partial charge is 0.480 e. The van der Waals surface area contributed by atoms with Crippen molar-refractivity contribution in [1.29, 1.82) is 0 Å². The van der Waals surface area contributed by atoms with E-state index in [1.807, 2.05) is 0 Å². The molecule has 0 bridgehead atoms. The number of carboxylic acid groups (broad SMARTS) is 1. The molecule has 1 unspecified atom stereocenters. The number of hydrogen-bond donors (Lipinski definition) is 2. The minimum Gasteiger partial charge on any atom is -0.480 e. The number of carboxylic acids is 1. The first kappa shape index (κ1) is 10.9. The Morgan fingerprint density at radius 2 is 2.17 bits per heavy atom. The molecule has 1 atom stereocenters. The molecule has 0 amide bonds. The summed E-state index contributed by atoms with van der Waals surface area (Å²) in [6.07, 6.45) is 0. The Labute approximate surface area is 70.7 Å². The Bertz CT molecular complexity index is 169. The van der Waals surface area contributed by atoms with Crippen molar-refractivity contribution >= 4 is 11.9 Å². The summed E-state index contributed by atoms with van der Waals surface area (Å²) >= 11 is 0. The number of rotatable bonds is 5. The van der Waals surface area contributed by atoms with Gasteiger partial charge in [0, 0.05) is 0 Å². The molecule has 0 aromatic rings. The number of ether oxygens (including phenoxy) is 1. The highest BCUT2D eigenvalue weighted by molar-refractivity contribution is 5.76. The molecule has 0 aromatic carbocycles. The van der Waals surface area contributed by atoms with Gasteiger partial charge in [0.1, 0.15) is 6.04 Å². The van der Waals surface area contributed by atoms with Crippen molar-refractivity contribution in [3.8, 4) is 0 Å². The van der Waals surface area contributed by atoms with Gasteiger partial charge >= 0.3 is 11.9 Å². The summed E-state index contributed by atoms with van der Waals surface area (Å²) in [6, 6.07) is -0.568. The Morgan fingerprint density at radius 3 is 2.58 bits per heavy atom. The molecule has 0 aromatic heterocycles. The first-order chi connectivity index (χ1) is 5.57. The van der Waals surface area contributed by atoms with E-state index in [0.29, 0.717) is 6.61 Å². The molecule has 0 aliphatic carbocycles. The Morgan fingerprint density at radius 1 is 1.58 bits per heavy atom. The number of aliphatic carboxylic acids is 1. The van der Waals surface area contributed by atoms with Crippen LogP contribution < -0.4 is 5.32 Å². The lowest BCUT2D eigenvalue weighted by molar-refractivity contribution is -0.145. The first-order valence-electron chi connectivity index (χ1n) is 3.69. The second kappa shape index (κ2) is 5.54. The average Bonchev–Trinajstić information content (AvgIpc) is 2.00. The summed E-state index contributed by atoms with van der Waals surface area (Å²) in [7, 11) is 0. The van der Waals surface area contributed by atoms with E-state index in [1.54, 1.807) is 13.8 Å². The van der Waals surface area contributed by atoms with Gasteiger partial charge in [-0.25, -0.2) is 0 Å². The third kappa shape index (κ3) is 4.68. The second-order valence-corrected chi connectivity index (χ2v) is 2.25. The van der Waals surface area contributed by atoms with E-state index < -0.39 is 18.0 Å². The van der Waals surface area contributed by atoms with Crippen molar-refractivity contribution in [3.05, 3.63) is 0 Å². The van der Waals surface area contributed by atoms with Crippen molar-refractivity contribution in [2.75, 3.05) is 13.2 Å². The van der Waals surface area contributed by atoms with Gasteiger partial charge in [0.05, 0.1) is 13.2 Å². The lowest BCUT2D eigenvalue weighted by atomic mass is 10.3. The Balaban J connectivity index is 3.63. The maximum Gasteiger partial charge on any atom is 0.322 e. The zero-order chi connectivity index (χ0) is 9.56. The van der Waals surface area contributed by atoms with Crippen LogP contribution in [0.3, 0.4) is 0 Å². The van der Waals surface area contributed by atoms with Crippen molar-refractivity contribution < 1.29 is 19.4 Å². The lowest BCUT2D eigenvalue weighted by Gasteiger charge is -2.09. The molecule has 12 heavy (non-hydrogen) atoms. The van der Waals surface area contributed by atoms with Crippen LogP contribution in [-0.2, 0) is 14.3 Å². The third-order valence-electron chi connectivity index (χ3n) is 1.20. The van der Waals surface area contributed by atoms with Gasteiger partial charge in [-0.15, -0.1) is 0 Å². The van der Waals surface area contributed by atoms with Crippen LogP contribution in [0.4, 0.5) is 0 Å². The van der Waals surface area contributed by atoms with Crippen LogP contribution in [0.1, 0.15) is 13.8 Å². The van der Waals surface area contributed by atoms with Crippen LogP contribution >= 0.6 is 0 Å². The molecule has 2 N–H and O–H groups in total. The van der Waals surface area contributed by atoms with E-state index in [9.17, 15) is 9.59 Å². The third-order valence-corrected chi connectivity index (χ3v) is 1.20. The molecular weight excluding hydrogens is 162 g/mol. The van der Waals surface area contributed by atoms with E-state index in [1.165, 1.54) is 0 Å². The van der Waals surface area contributed by atoms with Gasteiger partial charge in [0.2, 0.25) is 0 Å². The maximum atomic E-state index is 10.9. The number of carbonyl (C=O) groups is 2. The Hall–Kier alpha value is -1.10. The molecule has 0 saturated carbocycles. The van der Waals surface area contributed by atoms with Crippen molar-refractivity contribution in [2.45, 2.75) is 19.9 Å². The molecule has 0 fully saturated rings. The summed E-state index contributed by atoms with van der Waals surface area (Å²) in [4.78, 5) is 20.9. The van der Waals surface area contributed by atoms with Crippen LogP contribution in [0.2, 0.25) is 0 Å². The van der Waals surface area contributed by atoms with Gasteiger partial charge in [-0.3, -0.25) is 14.9 Å². The minimum absolute atomic E-state index is 0.236. The number of nitrogens with one attached hydrogen (secondary N) is 1. The summed E-state index contributed by atoms with van der Waals surface area (Å²) in [5.74, 6) is -1.43. The van der Waals surface area contributed by atoms with Gasteiger partial charge in [0.25, 0.3) is 0 Å². The maximum absolute atomic E-state index is 10.9. The molecule has 5 heteroatoms. The average molecular weight is 175 g/mol. The summed E-state index contributed by atoms with van der Waals surface area (Å²) in [5, 5.41) is 10.8. The monoisotopic (exact) mass is 175 g/mol. The zero-order valence-electron chi connectivity index (χ0n) is 7.16. The normalized spacial score (nSPS) is 12.2. The fourth-order valence-corrected chi connectivity index (χ4v) is 0.591. The van der Waals surface area contributed by atoms with Crippen LogP contribution in [0.15, 0.2) is 0 Å². The smallest absolute Gasteiger partial charge is 0.322 e. The predicted molar refractivity (Wildman–Crippen MR) is 41.7 cm³/mol. The highest BCUT2D eigenvalue weighted by Crippen LogP contribution is 1.86. The van der Waals surface area contributed by atoms with Crippen LogP contribution in [-0.4, -0.2) is 36.2 Å². The molecular formula is C7H13NO4. The first-order valence-corrected chi connectivity index (χ1v) is 3.69. The SMILES string of the molecule is CCOC(=O)C(C)NCC(=O)O. The molecule has 0 aliphatic heterocycles. The van der Waals surface area contributed by atoms with Gasteiger partial charge in [-0.2, -0.15) is 0 Å². The molecule has 0 spiro atoms. The summed E-state index contributed by atoms with van der Waals surface area (Å²) in [6.45, 7) is 3.32. The lowest BCUT2D eigenvalue weighted by Crippen LogP contribution is -2.38. The van der Waals surface area contributed by atoms with E-state index in [0.717, 1.165) is 0 Å². The molecule has 0 heterocycles. The van der Waals surface area contributed by atoms with Crippen molar-refractivity contribution in [1.82, 2.24) is 5.32 Å². The van der Waals surface area contributed by atoms with E-state index >= 15 is 0 Å². The van der Waals surface area contributed by atoms with Gasteiger partial charge in [-0.1, -0.05) is 0 Å².